The SMILES string of the molecule is C[C@@H]1CC[C@H]2[C@@H](CCCCc3ccccc3)C(=O)O[C@@H]3O[C@@]4(C)CC[C@@H]1[C@]32OO4. The van der Waals surface area contributed by atoms with E-state index in [0.29, 0.717) is 11.8 Å². The summed E-state index contributed by atoms with van der Waals surface area (Å²) in [7, 11) is 0. The molecule has 1 aromatic rings. The molecule has 1 aromatic carbocycles. The van der Waals surface area contributed by atoms with Gasteiger partial charge >= 0.3 is 5.97 Å². The average Bonchev–Trinajstić information content (AvgIpc) is 2.95. The quantitative estimate of drug-likeness (QED) is 0.404. The van der Waals surface area contributed by atoms with Crippen molar-refractivity contribution in [1.82, 2.24) is 0 Å². The van der Waals surface area contributed by atoms with E-state index in [-0.39, 0.29) is 17.8 Å². The molecule has 5 heteroatoms. The van der Waals surface area contributed by atoms with Gasteiger partial charge in [0, 0.05) is 18.3 Å². The third-order valence-electron chi connectivity index (χ3n) is 7.86. The molecule has 158 valence electrons. The van der Waals surface area contributed by atoms with Crippen LogP contribution in [0, 0.1) is 23.7 Å². The normalized spacial score (nSPS) is 43.4. The summed E-state index contributed by atoms with van der Waals surface area (Å²) in [6, 6.07) is 10.5. The maximum Gasteiger partial charge on any atom is 0.311 e. The zero-order valence-corrected chi connectivity index (χ0v) is 17.5. The van der Waals surface area contributed by atoms with Gasteiger partial charge in [0.15, 0.2) is 5.60 Å². The van der Waals surface area contributed by atoms with Gasteiger partial charge < -0.3 is 9.47 Å². The third-order valence-corrected chi connectivity index (χ3v) is 7.86. The van der Waals surface area contributed by atoms with Gasteiger partial charge in [-0.3, -0.25) is 4.79 Å². The Labute approximate surface area is 173 Å². The van der Waals surface area contributed by atoms with Gasteiger partial charge in [-0.1, -0.05) is 43.7 Å². The number of hydrogen-bond donors (Lipinski definition) is 0. The van der Waals surface area contributed by atoms with E-state index < -0.39 is 17.7 Å². The number of ether oxygens (including phenoxy) is 2. The van der Waals surface area contributed by atoms with Crippen LogP contribution in [0.2, 0.25) is 0 Å². The summed E-state index contributed by atoms with van der Waals surface area (Å²) in [6.07, 6.45) is 7.17. The van der Waals surface area contributed by atoms with Gasteiger partial charge in [0.1, 0.15) is 0 Å². The molecule has 5 aliphatic rings. The summed E-state index contributed by atoms with van der Waals surface area (Å²) >= 11 is 0. The van der Waals surface area contributed by atoms with Crippen LogP contribution in [0.25, 0.3) is 0 Å². The molecule has 0 amide bonds. The van der Waals surface area contributed by atoms with Gasteiger partial charge in [-0.2, -0.15) is 0 Å². The number of aryl methyl sites for hydroxylation is 1. The van der Waals surface area contributed by atoms with Crippen LogP contribution in [0.3, 0.4) is 0 Å². The number of rotatable bonds is 5. The van der Waals surface area contributed by atoms with Crippen LogP contribution in [0.1, 0.15) is 64.4 Å². The predicted molar refractivity (Wildman–Crippen MR) is 106 cm³/mol. The van der Waals surface area contributed by atoms with E-state index in [2.05, 4.69) is 31.2 Å². The van der Waals surface area contributed by atoms with E-state index in [4.69, 9.17) is 19.2 Å². The molecular weight excluding hydrogens is 368 g/mol. The first-order valence-corrected chi connectivity index (χ1v) is 11.3. The molecule has 2 bridgehead atoms. The second-order valence-corrected chi connectivity index (χ2v) is 9.68. The maximum atomic E-state index is 13.0. The van der Waals surface area contributed by atoms with E-state index in [1.807, 2.05) is 13.0 Å². The Balaban J connectivity index is 1.33. The highest BCUT2D eigenvalue weighted by Crippen LogP contribution is 2.60. The lowest BCUT2D eigenvalue weighted by molar-refractivity contribution is -0.559. The molecule has 4 aliphatic heterocycles. The molecule has 29 heavy (non-hydrogen) atoms. The highest BCUT2D eigenvalue weighted by molar-refractivity contribution is 5.74. The minimum absolute atomic E-state index is 0.106. The molecule has 0 aromatic heterocycles. The molecule has 7 atom stereocenters. The number of carbonyl (C=O) groups excluding carboxylic acids is 1. The van der Waals surface area contributed by atoms with Gasteiger partial charge in [-0.15, -0.1) is 0 Å². The van der Waals surface area contributed by atoms with Crippen molar-refractivity contribution in [1.29, 1.82) is 0 Å². The molecule has 0 radical (unpaired) electrons. The second-order valence-electron chi connectivity index (χ2n) is 9.68. The molecule has 1 spiro atoms. The fourth-order valence-electron chi connectivity index (χ4n) is 6.27. The van der Waals surface area contributed by atoms with Crippen LogP contribution < -0.4 is 0 Å². The van der Waals surface area contributed by atoms with Crippen molar-refractivity contribution in [2.75, 3.05) is 0 Å². The number of esters is 1. The van der Waals surface area contributed by atoms with E-state index in [1.165, 1.54) is 5.56 Å². The van der Waals surface area contributed by atoms with Crippen LogP contribution in [0.15, 0.2) is 30.3 Å². The highest BCUT2D eigenvalue weighted by Gasteiger charge is 2.70. The zero-order valence-electron chi connectivity index (χ0n) is 17.5. The Hall–Kier alpha value is -1.43. The van der Waals surface area contributed by atoms with E-state index in [1.54, 1.807) is 0 Å². The first-order valence-electron chi connectivity index (χ1n) is 11.3. The minimum Gasteiger partial charge on any atom is -0.432 e. The number of carbonyl (C=O) groups is 1. The van der Waals surface area contributed by atoms with Crippen molar-refractivity contribution >= 4 is 5.97 Å². The van der Waals surface area contributed by atoms with Gasteiger partial charge in [0.05, 0.1) is 5.92 Å². The molecule has 4 heterocycles. The van der Waals surface area contributed by atoms with Crippen LogP contribution in [-0.2, 0) is 30.5 Å². The molecule has 5 fully saturated rings. The van der Waals surface area contributed by atoms with Crippen LogP contribution in [-0.4, -0.2) is 23.6 Å². The molecule has 1 aliphatic carbocycles. The standard InChI is InChI=1S/C24H32O5/c1-16-12-13-20-18(11-7-6-10-17-8-4-3-5-9-17)21(25)26-22-24(20)19(16)14-15-23(2,27-22)28-29-24/h3-5,8-9,16,18-20,22H,6-7,10-15H2,1-2H3/t16-,18-,19+,20+,22-,23-,24-/m1/s1. The first kappa shape index (κ1) is 19.5. The summed E-state index contributed by atoms with van der Waals surface area (Å²) in [5, 5.41) is 0. The Bertz CT molecular complexity index is 751. The van der Waals surface area contributed by atoms with E-state index in [0.717, 1.165) is 51.4 Å². The minimum atomic E-state index is -0.819. The highest BCUT2D eigenvalue weighted by atomic mass is 17.3. The van der Waals surface area contributed by atoms with Crippen molar-refractivity contribution in [3.8, 4) is 0 Å². The fourth-order valence-corrected chi connectivity index (χ4v) is 6.27. The number of fused-ring (bicyclic) bond motifs is 2. The molecule has 0 unspecified atom stereocenters. The van der Waals surface area contributed by atoms with Crippen molar-refractivity contribution in [2.45, 2.75) is 82.9 Å². The summed E-state index contributed by atoms with van der Waals surface area (Å²) in [5.41, 5.74) is 0.704. The molecule has 6 rings (SSSR count). The lowest BCUT2D eigenvalue weighted by Crippen LogP contribution is -2.70. The van der Waals surface area contributed by atoms with Crippen molar-refractivity contribution < 1.29 is 24.0 Å². The summed E-state index contributed by atoms with van der Waals surface area (Å²) in [4.78, 5) is 25.0. The summed E-state index contributed by atoms with van der Waals surface area (Å²) in [5.74, 6) is -0.146. The molecule has 4 saturated heterocycles. The summed E-state index contributed by atoms with van der Waals surface area (Å²) < 4.78 is 12.1. The molecule has 5 nitrogen and oxygen atoms in total. The van der Waals surface area contributed by atoms with Crippen molar-refractivity contribution in [2.24, 2.45) is 23.7 Å². The summed E-state index contributed by atoms with van der Waals surface area (Å²) in [6.45, 7) is 4.18. The van der Waals surface area contributed by atoms with Crippen molar-refractivity contribution in [3.63, 3.8) is 0 Å². The number of hydrogen-bond acceptors (Lipinski definition) is 5. The topological polar surface area (TPSA) is 54.0 Å². The molecular formula is C24H32O5. The Morgan fingerprint density at radius 1 is 1.03 bits per heavy atom. The Morgan fingerprint density at radius 2 is 1.86 bits per heavy atom. The maximum absolute atomic E-state index is 13.0. The smallest absolute Gasteiger partial charge is 0.311 e. The lowest BCUT2D eigenvalue weighted by atomic mass is 9.57. The average molecular weight is 401 g/mol. The molecule has 1 saturated carbocycles. The molecule has 0 N–H and O–H groups in total. The van der Waals surface area contributed by atoms with Crippen molar-refractivity contribution in [3.05, 3.63) is 35.9 Å². The van der Waals surface area contributed by atoms with E-state index in [9.17, 15) is 4.79 Å². The van der Waals surface area contributed by atoms with Crippen LogP contribution >= 0.6 is 0 Å². The van der Waals surface area contributed by atoms with Gasteiger partial charge in [0.2, 0.25) is 12.1 Å². The van der Waals surface area contributed by atoms with Gasteiger partial charge in [-0.05, 0) is 56.9 Å². The number of benzene rings is 1. The predicted octanol–water partition coefficient (Wildman–Crippen LogP) is 4.79. The van der Waals surface area contributed by atoms with E-state index >= 15 is 0 Å². The van der Waals surface area contributed by atoms with Crippen LogP contribution in [0.4, 0.5) is 0 Å². The lowest BCUT2D eigenvalue weighted by Gasteiger charge is -2.58. The Morgan fingerprint density at radius 3 is 2.69 bits per heavy atom. The van der Waals surface area contributed by atoms with Crippen LogP contribution in [0.5, 0.6) is 0 Å². The van der Waals surface area contributed by atoms with Gasteiger partial charge in [-0.25, -0.2) is 9.78 Å². The first-order chi connectivity index (χ1) is 14.0. The zero-order chi connectivity index (χ0) is 20.1. The number of unbranched alkanes of at least 4 members (excludes halogenated alkanes) is 1. The fraction of sp³-hybridized carbons (Fsp3) is 0.708. The second kappa shape index (κ2) is 7.36. The largest absolute Gasteiger partial charge is 0.432 e. The Kier molecular flexibility index (Phi) is 4.96. The monoisotopic (exact) mass is 400 g/mol. The third kappa shape index (κ3) is 3.22. The van der Waals surface area contributed by atoms with Gasteiger partial charge in [0.25, 0.3) is 0 Å².